The van der Waals surface area contributed by atoms with Gasteiger partial charge in [-0.15, -0.1) is 4.91 Å². The molecule has 3 aliphatic rings. The van der Waals surface area contributed by atoms with E-state index >= 15 is 4.39 Å². The van der Waals surface area contributed by atoms with Crippen LogP contribution < -0.4 is 26.6 Å². The van der Waals surface area contributed by atoms with Crippen LogP contribution in [-0.4, -0.2) is 105 Å². The molecule has 1 aromatic heterocycles. The maximum Gasteiger partial charge on any atom is 0.234 e. The van der Waals surface area contributed by atoms with E-state index in [9.17, 15) is 18.9 Å². The van der Waals surface area contributed by atoms with Crippen molar-refractivity contribution in [2.45, 2.75) is 50.2 Å². The van der Waals surface area contributed by atoms with Crippen LogP contribution in [0.25, 0.3) is 0 Å². The molecule has 1 aromatic rings. The first-order valence-corrected chi connectivity index (χ1v) is 13.5. The Morgan fingerprint density at radius 1 is 1.15 bits per heavy atom. The van der Waals surface area contributed by atoms with Crippen molar-refractivity contribution in [2.24, 2.45) is 22.7 Å². The van der Waals surface area contributed by atoms with E-state index in [4.69, 9.17) is 5.73 Å². The van der Waals surface area contributed by atoms with Crippen molar-refractivity contribution in [2.75, 3.05) is 63.6 Å². The number of anilines is 2. The quantitative estimate of drug-likeness (QED) is 0.338. The number of hydrogen-bond acceptors (Lipinski definition) is 10. The van der Waals surface area contributed by atoms with Crippen molar-refractivity contribution in [3.8, 4) is 0 Å². The first-order chi connectivity index (χ1) is 18.7. The van der Waals surface area contributed by atoms with Crippen LogP contribution in [0.5, 0.6) is 0 Å². The first-order valence-electron chi connectivity index (χ1n) is 13.5. The van der Waals surface area contributed by atoms with E-state index in [1.807, 2.05) is 0 Å². The van der Waals surface area contributed by atoms with Crippen LogP contribution >= 0.6 is 0 Å². The topological polar surface area (TPSA) is 148 Å². The van der Waals surface area contributed by atoms with Gasteiger partial charge in [0.05, 0.1) is 24.2 Å². The largest absolute Gasteiger partial charge is 0.367 e. The van der Waals surface area contributed by atoms with Crippen LogP contribution in [0.4, 0.5) is 20.2 Å². The Balaban J connectivity index is 1.42. The van der Waals surface area contributed by atoms with Crippen LogP contribution in [0, 0.1) is 22.6 Å². The number of rotatable bonds is 8. The summed E-state index contributed by atoms with van der Waals surface area (Å²) in [5.41, 5.74) is 6.17. The minimum atomic E-state index is -1.41. The van der Waals surface area contributed by atoms with Gasteiger partial charge in [0.1, 0.15) is 17.8 Å². The SMILES string of the molecule is CN1CCC(NC(=O)C2CCN(c3c(F)cncc3NC(=O)C(C(N)N=O)C3NCC(F)CN3C)CC2)CC1. The van der Waals surface area contributed by atoms with Gasteiger partial charge in [-0.3, -0.25) is 24.8 Å². The van der Waals surface area contributed by atoms with E-state index in [0.29, 0.717) is 25.9 Å². The minimum absolute atomic E-state index is 0.00253. The van der Waals surface area contributed by atoms with Crippen molar-refractivity contribution in [3.05, 3.63) is 23.1 Å². The highest BCUT2D eigenvalue weighted by molar-refractivity contribution is 5.96. The zero-order valence-electron chi connectivity index (χ0n) is 22.5. The Morgan fingerprint density at radius 3 is 2.49 bits per heavy atom. The molecule has 4 atom stereocenters. The lowest BCUT2D eigenvalue weighted by Gasteiger charge is -2.40. The Labute approximate surface area is 227 Å². The summed E-state index contributed by atoms with van der Waals surface area (Å²) in [7, 11) is 3.69. The molecular formula is C25H39F2N9O3. The number of alkyl halides is 1. The lowest BCUT2D eigenvalue weighted by atomic mass is 9.94. The number of carbonyl (C=O) groups excluding carboxylic acids is 2. The Morgan fingerprint density at radius 2 is 1.85 bits per heavy atom. The highest BCUT2D eigenvalue weighted by atomic mass is 19.1. The van der Waals surface area contributed by atoms with E-state index in [0.717, 1.165) is 32.1 Å². The maximum absolute atomic E-state index is 15.1. The van der Waals surface area contributed by atoms with Gasteiger partial charge in [-0.2, -0.15) is 0 Å². The predicted octanol–water partition coefficient (Wildman–Crippen LogP) is 0.453. The fourth-order valence-electron chi connectivity index (χ4n) is 5.74. The number of aromatic nitrogens is 1. The molecule has 0 saturated carbocycles. The third kappa shape index (κ3) is 7.04. The lowest BCUT2D eigenvalue weighted by Crippen LogP contribution is -2.62. The molecule has 4 unspecified atom stereocenters. The molecule has 2 amide bonds. The van der Waals surface area contributed by atoms with E-state index < -0.39 is 36.1 Å². The maximum atomic E-state index is 15.1. The van der Waals surface area contributed by atoms with Crippen LogP contribution in [0.15, 0.2) is 17.6 Å². The number of piperidine rings is 2. The molecule has 0 spiro atoms. The second-order valence-corrected chi connectivity index (χ2v) is 10.9. The first kappa shape index (κ1) is 29.2. The summed E-state index contributed by atoms with van der Waals surface area (Å²) in [4.78, 5) is 47.0. The van der Waals surface area contributed by atoms with E-state index in [2.05, 4.69) is 38.1 Å². The third-order valence-corrected chi connectivity index (χ3v) is 8.02. The molecule has 3 fully saturated rings. The van der Waals surface area contributed by atoms with Gasteiger partial charge in [-0.25, -0.2) is 8.78 Å². The minimum Gasteiger partial charge on any atom is -0.367 e. The van der Waals surface area contributed by atoms with Crippen LogP contribution in [0.2, 0.25) is 0 Å². The van der Waals surface area contributed by atoms with Gasteiger partial charge in [-0.05, 0) is 52.9 Å². The summed E-state index contributed by atoms with van der Waals surface area (Å²) in [6, 6.07) is 0.180. The number of nitrogens with two attached hydrogens (primary N) is 1. The highest BCUT2D eigenvalue weighted by Gasteiger charge is 2.40. The number of pyridine rings is 1. The average Bonchev–Trinajstić information content (AvgIpc) is 2.91. The zero-order chi connectivity index (χ0) is 28.1. The molecule has 39 heavy (non-hydrogen) atoms. The zero-order valence-corrected chi connectivity index (χ0v) is 22.5. The number of halogens is 2. The van der Waals surface area contributed by atoms with E-state index in [1.54, 1.807) is 16.8 Å². The third-order valence-electron chi connectivity index (χ3n) is 8.02. The molecule has 14 heteroatoms. The van der Waals surface area contributed by atoms with Gasteiger partial charge in [0.25, 0.3) is 0 Å². The number of nitroso groups, excluding NO2 is 1. The monoisotopic (exact) mass is 551 g/mol. The highest BCUT2D eigenvalue weighted by Crippen LogP contribution is 2.33. The molecule has 0 radical (unpaired) electrons. The van der Waals surface area contributed by atoms with Gasteiger partial charge in [0, 0.05) is 38.1 Å². The van der Waals surface area contributed by atoms with Crippen molar-refractivity contribution in [1.82, 2.24) is 25.4 Å². The summed E-state index contributed by atoms with van der Waals surface area (Å²) in [5, 5.41) is 11.6. The number of carbonyl (C=O) groups is 2. The molecule has 216 valence electrons. The normalized spacial score (nSPS) is 25.6. The van der Waals surface area contributed by atoms with Crippen LogP contribution in [0.1, 0.15) is 25.7 Å². The summed E-state index contributed by atoms with van der Waals surface area (Å²) >= 11 is 0. The molecule has 0 bridgehead atoms. The van der Waals surface area contributed by atoms with Crippen molar-refractivity contribution in [3.63, 3.8) is 0 Å². The van der Waals surface area contributed by atoms with Gasteiger partial charge in [0.15, 0.2) is 12.0 Å². The lowest BCUT2D eigenvalue weighted by molar-refractivity contribution is -0.126. The van der Waals surface area contributed by atoms with Crippen molar-refractivity contribution in [1.29, 1.82) is 0 Å². The fourth-order valence-corrected chi connectivity index (χ4v) is 5.74. The molecule has 4 rings (SSSR count). The molecule has 3 aliphatic heterocycles. The predicted molar refractivity (Wildman–Crippen MR) is 143 cm³/mol. The van der Waals surface area contributed by atoms with Crippen LogP contribution in [0.3, 0.4) is 0 Å². The van der Waals surface area contributed by atoms with E-state index in [1.165, 1.54) is 6.20 Å². The van der Waals surface area contributed by atoms with Gasteiger partial charge in [0.2, 0.25) is 11.8 Å². The fraction of sp³-hybridized carbons (Fsp3) is 0.720. The van der Waals surface area contributed by atoms with Gasteiger partial charge < -0.3 is 26.2 Å². The molecule has 0 aromatic carbocycles. The number of amides is 2. The smallest absolute Gasteiger partial charge is 0.234 e. The second kappa shape index (κ2) is 13.0. The molecule has 5 N–H and O–H groups in total. The summed E-state index contributed by atoms with van der Waals surface area (Å²) in [5.74, 6) is -2.58. The average molecular weight is 552 g/mol. The molecule has 4 heterocycles. The Bertz CT molecular complexity index is 1020. The Kier molecular flexibility index (Phi) is 9.75. The van der Waals surface area contributed by atoms with E-state index in [-0.39, 0.29) is 42.3 Å². The van der Waals surface area contributed by atoms with Gasteiger partial charge >= 0.3 is 0 Å². The van der Waals surface area contributed by atoms with Crippen molar-refractivity contribution >= 4 is 23.2 Å². The molecule has 12 nitrogen and oxygen atoms in total. The second-order valence-electron chi connectivity index (χ2n) is 10.9. The summed E-state index contributed by atoms with van der Waals surface area (Å²) in [6.07, 6.45) is 2.05. The standard InChI is InChI=1S/C25H39F2N9O3/c1-34-7-5-17(6-8-34)31-24(37)15-3-9-36(10-4-15)21-18(27)12-29-13-19(21)32-25(38)20(22(28)33-39)23-30-11-16(26)14-35(23)2/h12-13,15-17,20,22-23,30H,3-11,14,28H2,1-2H3,(H,31,37)(H,32,38). The van der Waals surface area contributed by atoms with Crippen LogP contribution in [-0.2, 0) is 9.59 Å². The summed E-state index contributed by atoms with van der Waals surface area (Å²) in [6.45, 7) is 2.80. The van der Waals surface area contributed by atoms with Crippen molar-refractivity contribution < 1.29 is 18.4 Å². The molecular weight excluding hydrogens is 512 g/mol. The molecule has 0 aliphatic carbocycles. The number of nitrogens with one attached hydrogen (secondary N) is 3. The number of nitrogens with zero attached hydrogens (tertiary/aromatic N) is 5. The number of hydrogen-bond donors (Lipinski definition) is 4. The Hall–Kier alpha value is -2.81. The van der Waals surface area contributed by atoms with Gasteiger partial charge in [-0.1, -0.05) is 5.18 Å². The number of likely N-dealkylation sites (tertiary alicyclic amines) is 1. The summed E-state index contributed by atoms with van der Waals surface area (Å²) < 4.78 is 28.9. The molecule has 3 saturated heterocycles.